The van der Waals surface area contributed by atoms with Crippen LogP contribution >= 0.6 is 0 Å². The minimum Gasteiger partial charge on any atom is -0.480 e. The van der Waals surface area contributed by atoms with E-state index in [0.717, 1.165) is 11.8 Å². The zero-order valence-corrected chi connectivity index (χ0v) is 10.4. The van der Waals surface area contributed by atoms with Crippen LogP contribution in [0.15, 0.2) is 18.2 Å². The highest BCUT2D eigenvalue weighted by Gasteiger charge is 2.02. The van der Waals surface area contributed by atoms with Crippen molar-refractivity contribution < 1.29 is 19.1 Å². The Bertz CT molecular complexity index is 494. The van der Waals surface area contributed by atoms with Gasteiger partial charge in [-0.15, -0.1) is 0 Å². The Balaban J connectivity index is 2.59. The third kappa shape index (κ3) is 4.30. The highest BCUT2D eigenvalue weighted by Crippen LogP contribution is 2.17. The van der Waals surface area contributed by atoms with Crippen molar-refractivity contribution in [1.29, 1.82) is 0 Å². The standard InChI is InChI=1S/C14H14O4/c1-3-17-14(16)5-4-8-18-13-7-6-11(2)9-12(13)10-15/h6-7,9-10H,3,8H2,1-2H3. The Kier molecular flexibility index (Phi) is 5.46. The lowest BCUT2D eigenvalue weighted by atomic mass is 10.1. The molecule has 0 amide bonds. The molecule has 0 unspecified atom stereocenters. The van der Waals surface area contributed by atoms with E-state index in [1.807, 2.05) is 13.0 Å². The number of hydrogen-bond acceptors (Lipinski definition) is 4. The Morgan fingerprint density at radius 1 is 1.44 bits per heavy atom. The molecule has 1 aromatic carbocycles. The molecule has 0 saturated heterocycles. The molecule has 4 heteroatoms. The molecule has 0 N–H and O–H groups in total. The van der Waals surface area contributed by atoms with Gasteiger partial charge in [0, 0.05) is 5.92 Å². The molecule has 0 aliphatic rings. The second-order valence-corrected chi connectivity index (χ2v) is 3.47. The van der Waals surface area contributed by atoms with Gasteiger partial charge in [-0.1, -0.05) is 11.6 Å². The average Bonchev–Trinajstić information content (AvgIpc) is 2.36. The third-order valence-electron chi connectivity index (χ3n) is 2.06. The van der Waals surface area contributed by atoms with Crippen LogP contribution in [0.2, 0.25) is 0 Å². The number of esters is 1. The Labute approximate surface area is 106 Å². The maximum Gasteiger partial charge on any atom is 0.384 e. The molecule has 18 heavy (non-hydrogen) atoms. The van der Waals surface area contributed by atoms with E-state index in [9.17, 15) is 9.59 Å². The highest BCUT2D eigenvalue weighted by molar-refractivity contribution is 5.88. The zero-order chi connectivity index (χ0) is 13.4. The van der Waals surface area contributed by atoms with Crippen LogP contribution in [0.3, 0.4) is 0 Å². The number of ether oxygens (including phenoxy) is 2. The van der Waals surface area contributed by atoms with Gasteiger partial charge in [-0.3, -0.25) is 4.79 Å². The van der Waals surface area contributed by atoms with Crippen LogP contribution in [0.1, 0.15) is 22.8 Å². The molecule has 0 atom stereocenters. The van der Waals surface area contributed by atoms with Gasteiger partial charge in [0.2, 0.25) is 0 Å². The molecule has 0 saturated carbocycles. The van der Waals surface area contributed by atoms with E-state index in [1.165, 1.54) is 0 Å². The van der Waals surface area contributed by atoms with Crippen LogP contribution in [0.25, 0.3) is 0 Å². The van der Waals surface area contributed by atoms with Gasteiger partial charge in [0.1, 0.15) is 12.4 Å². The fraction of sp³-hybridized carbons (Fsp3) is 0.286. The van der Waals surface area contributed by atoms with Crippen molar-refractivity contribution in [1.82, 2.24) is 0 Å². The summed E-state index contributed by atoms with van der Waals surface area (Å²) in [5.74, 6) is 4.67. The van der Waals surface area contributed by atoms with Gasteiger partial charge in [0.05, 0.1) is 12.2 Å². The first-order valence-corrected chi connectivity index (χ1v) is 5.51. The molecular weight excluding hydrogens is 232 g/mol. The van der Waals surface area contributed by atoms with E-state index in [1.54, 1.807) is 19.1 Å². The van der Waals surface area contributed by atoms with Crippen molar-refractivity contribution in [3.05, 3.63) is 29.3 Å². The summed E-state index contributed by atoms with van der Waals surface area (Å²) < 4.78 is 9.93. The van der Waals surface area contributed by atoms with Crippen LogP contribution in [0.5, 0.6) is 5.75 Å². The van der Waals surface area contributed by atoms with Gasteiger partial charge in [0.15, 0.2) is 6.29 Å². The lowest BCUT2D eigenvalue weighted by Gasteiger charge is -2.05. The predicted molar refractivity (Wildman–Crippen MR) is 66.5 cm³/mol. The first kappa shape index (κ1) is 13.8. The molecule has 0 spiro atoms. The highest BCUT2D eigenvalue weighted by atomic mass is 16.5. The van der Waals surface area contributed by atoms with Crippen LogP contribution in [-0.4, -0.2) is 25.5 Å². The smallest absolute Gasteiger partial charge is 0.384 e. The summed E-state index contributed by atoms with van der Waals surface area (Å²) in [5, 5.41) is 0. The molecular formula is C14H14O4. The van der Waals surface area contributed by atoms with Gasteiger partial charge in [-0.25, -0.2) is 4.79 Å². The summed E-state index contributed by atoms with van der Waals surface area (Å²) in [7, 11) is 0. The Hall–Kier alpha value is -2.28. The van der Waals surface area contributed by atoms with E-state index < -0.39 is 5.97 Å². The van der Waals surface area contributed by atoms with Gasteiger partial charge in [-0.2, -0.15) is 0 Å². The minimum absolute atomic E-state index is 0.0305. The number of carbonyl (C=O) groups excluding carboxylic acids is 2. The van der Waals surface area contributed by atoms with Crippen molar-refractivity contribution in [3.8, 4) is 17.6 Å². The van der Waals surface area contributed by atoms with E-state index in [0.29, 0.717) is 17.9 Å². The van der Waals surface area contributed by atoms with Crippen LogP contribution in [0.4, 0.5) is 0 Å². The van der Waals surface area contributed by atoms with Crippen LogP contribution in [-0.2, 0) is 9.53 Å². The molecule has 1 rings (SSSR count). The third-order valence-corrected chi connectivity index (χ3v) is 2.06. The number of aryl methyl sites for hydroxylation is 1. The Morgan fingerprint density at radius 2 is 2.22 bits per heavy atom. The molecule has 0 aliphatic heterocycles. The predicted octanol–water partition coefficient (Wildman–Crippen LogP) is 1.75. The van der Waals surface area contributed by atoms with E-state index in [2.05, 4.69) is 16.6 Å². The van der Waals surface area contributed by atoms with E-state index in [4.69, 9.17) is 4.74 Å². The van der Waals surface area contributed by atoms with Crippen molar-refractivity contribution in [2.24, 2.45) is 0 Å². The topological polar surface area (TPSA) is 52.6 Å². The monoisotopic (exact) mass is 246 g/mol. The van der Waals surface area contributed by atoms with Gasteiger partial charge < -0.3 is 9.47 Å². The molecule has 0 fully saturated rings. The SMILES string of the molecule is CCOC(=O)C#CCOc1ccc(C)cc1C=O. The number of carbonyl (C=O) groups is 2. The summed E-state index contributed by atoms with van der Waals surface area (Å²) in [6.45, 7) is 3.92. The van der Waals surface area contributed by atoms with Crippen molar-refractivity contribution in [3.63, 3.8) is 0 Å². The first-order valence-electron chi connectivity index (χ1n) is 5.51. The number of rotatable bonds is 4. The molecule has 0 aliphatic carbocycles. The minimum atomic E-state index is -0.583. The molecule has 0 heterocycles. The van der Waals surface area contributed by atoms with E-state index >= 15 is 0 Å². The average molecular weight is 246 g/mol. The molecule has 4 nitrogen and oxygen atoms in total. The largest absolute Gasteiger partial charge is 0.480 e. The molecule has 0 aromatic heterocycles. The van der Waals surface area contributed by atoms with Crippen molar-refractivity contribution in [2.45, 2.75) is 13.8 Å². The van der Waals surface area contributed by atoms with Gasteiger partial charge >= 0.3 is 5.97 Å². The summed E-state index contributed by atoms with van der Waals surface area (Å²) in [4.78, 5) is 21.7. The summed E-state index contributed by atoms with van der Waals surface area (Å²) in [6.07, 6.45) is 0.723. The maximum atomic E-state index is 10.9. The van der Waals surface area contributed by atoms with Gasteiger partial charge in [-0.05, 0) is 31.9 Å². The molecule has 1 aromatic rings. The molecule has 94 valence electrons. The zero-order valence-electron chi connectivity index (χ0n) is 10.4. The lowest BCUT2D eigenvalue weighted by Crippen LogP contribution is -2.02. The van der Waals surface area contributed by atoms with Crippen molar-refractivity contribution in [2.75, 3.05) is 13.2 Å². The second-order valence-electron chi connectivity index (χ2n) is 3.47. The number of hydrogen-bond donors (Lipinski definition) is 0. The van der Waals surface area contributed by atoms with Crippen LogP contribution in [0, 0.1) is 18.8 Å². The van der Waals surface area contributed by atoms with Crippen LogP contribution < -0.4 is 4.74 Å². The number of benzene rings is 1. The first-order chi connectivity index (χ1) is 8.67. The second kappa shape index (κ2) is 7.13. The van der Waals surface area contributed by atoms with E-state index in [-0.39, 0.29) is 6.61 Å². The van der Waals surface area contributed by atoms with Gasteiger partial charge in [0.25, 0.3) is 0 Å². The number of aldehydes is 1. The van der Waals surface area contributed by atoms with Crippen molar-refractivity contribution >= 4 is 12.3 Å². The normalized spacial score (nSPS) is 9.00. The summed E-state index contributed by atoms with van der Waals surface area (Å²) in [5.41, 5.74) is 1.44. The fourth-order valence-corrected chi connectivity index (χ4v) is 1.28. The Morgan fingerprint density at radius 3 is 2.89 bits per heavy atom. The summed E-state index contributed by atoms with van der Waals surface area (Å²) in [6, 6.07) is 5.26. The maximum absolute atomic E-state index is 10.9. The summed E-state index contributed by atoms with van der Waals surface area (Å²) >= 11 is 0. The lowest BCUT2D eigenvalue weighted by molar-refractivity contribution is -0.136. The quantitative estimate of drug-likeness (QED) is 0.351. The fourth-order valence-electron chi connectivity index (χ4n) is 1.28. The molecule has 0 bridgehead atoms. The molecule has 0 radical (unpaired) electrons.